The van der Waals surface area contributed by atoms with Gasteiger partial charge in [0.15, 0.2) is 11.6 Å². The Balaban J connectivity index is 0.820. The number of benzene rings is 4. The fourth-order valence-electron chi connectivity index (χ4n) is 10.5. The Morgan fingerprint density at radius 3 is 2.29 bits per heavy atom. The van der Waals surface area contributed by atoms with E-state index in [1.165, 1.54) is 29.9 Å². The van der Waals surface area contributed by atoms with Gasteiger partial charge in [0.2, 0.25) is 17.7 Å². The maximum atomic E-state index is 15.1. The zero-order valence-corrected chi connectivity index (χ0v) is 50.6. The molecule has 5 amide bonds. The number of fused-ring (bicyclic) bond motifs is 2. The number of aryl methyl sites for hydroxylation is 1. The van der Waals surface area contributed by atoms with Crippen molar-refractivity contribution in [2.75, 3.05) is 32.2 Å². The number of carbonyl (C=O) groups is 5. The van der Waals surface area contributed by atoms with Gasteiger partial charge in [-0.1, -0.05) is 69.7 Å². The molecule has 0 radical (unpaired) electrons. The highest BCUT2D eigenvalue weighted by molar-refractivity contribution is 5.96. The number of halogens is 2. The van der Waals surface area contributed by atoms with Crippen LogP contribution in [0.3, 0.4) is 0 Å². The van der Waals surface area contributed by atoms with Gasteiger partial charge in [0.05, 0.1) is 19.2 Å². The monoisotopic (exact) mass is 1180 g/mol. The van der Waals surface area contributed by atoms with Gasteiger partial charge in [0.1, 0.15) is 53.1 Å². The van der Waals surface area contributed by atoms with Crippen LogP contribution in [0.2, 0.25) is 0 Å². The van der Waals surface area contributed by atoms with Crippen LogP contribution in [0, 0.1) is 17.0 Å². The van der Waals surface area contributed by atoms with E-state index in [-0.39, 0.29) is 43.6 Å². The van der Waals surface area contributed by atoms with E-state index < -0.39 is 64.6 Å². The molecule has 86 heavy (non-hydrogen) atoms. The summed E-state index contributed by atoms with van der Waals surface area (Å²) in [5, 5.41) is 21.1. The molecule has 1 unspecified atom stereocenters. The lowest BCUT2D eigenvalue weighted by atomic mass is 9.83. The molecule has 4 aromatic carbocycles. The Hall–Kier alpha value is -8.33. The number of anilines is 1. The summed E-state index contributed by atoms with van der Waals surface area (Å²) in [6, 6.07) is 23.0. The molecule has 1 aliphatic carbocycles. The lowest BCUT2D eigenvalue weighted by Gasteiger charge is -2.42. The third-order valence-electron chi connectivity index (χ3n) is 15.4. The van der Waals surface area contributed by atoms with Crippen molar-refractivity contribution >= 4 is 35.4 Å². The van der Waals surface area contributed by atoms with Crippen LogP contribution < -0.4 is 26.0 Å². The highest BCUT2D eigenvalue weighted by Crippen LogP contribution is 2.34. The smallest absolute Gasteiger partial charge is 0.410 e. The molecule has 0 spiro atoms. The largest absolute Gasteiger partial charge is 0.494 e. The van der Waals surface area contributed by atoms with E-state index in [1.54, 1.807) is 69.1 Å². The van der Waals surface area contributed by atoms with Crippen molar-refractivity contribution in [3.05, 3.63) is 154 Å². The molecule has 19 nitrogen and oxygen atoms in total. The van der Waals surface area contributed by atoms with Gasteiger partial charge in [0.25, 0.3) is 5.91 Å². The van der Waals surface area contributed by atoms with E-state index in [2.05, 4.69) is 53.6 Å². The highest BCUT2D eigenvalue weighted by Gasteiger charge is 2.44. The van der Waals surface area contributed by atoms with E-state index in [0.717, 1.165) is 73.8 Å². The van der Waals surface area contributed by atoms with Crippen LogP contribution in [-0.4, -0.2) is 115 Å². The van der Waals surface area contributed by atoms with Gasteiger partial charge in [-0.15, -0.1) is 10.2 Å². The summed E-state index contributed by atoms with van der Waals surface area (Å²) in [4.78, 5) is 80.8. The third-order valence-corrected chi connectivity index (χ3v) is 15.4. The van der Waals surface area contributed by atoms with Crippen LogP contribution in [0.15, 0.2) is 104 Å². The molecule has 4 N–H and O–H groups in total. The van der Waals surface area contributed by atoms with Crippen molar-refractivity contribution < 1.29 is 47.0 Å². The average Bonchev–Trinajstić information content (AvgIpc) is 3.58. The molecule has 2 aliphatic rings. The van der Waals surface area contributed by atoms with Crippen LogP contribution in [0.1, 0.15) is 143 Å². The van der Waals surface area contributed by atoms with Gasteiger partial charge in [-0.25, -0.2) is 23.5 Å². The van der Waals surface area contributed by atoms with Crippen LogP contribution in [0.25, 0.3) is 11.5 Å². The summed E-state index contributed by atoms with van der Waals surface area (Å²) in [6.45, 7) is 14.6. The standard InChI is InChI=1S/C65H81F2N11O8/c1-42(76(8)63(83)86-65(5,6)7)59(79)73-57(64(2,3)4)62(82)78-40-46-36-48(28-27-44(46)37-55(78)61(81)72-53-26-16-20-43-19-11-12-23-49(43)53)85-34-14-10-9-13-32-84-33-18-31-77-56(74-75-58(77)54-29-30-68-41-71-54)39-69-47-22-15-21-45(35-47)60(80)70-38-50-51(66)24-17-25-52(50)67/h11-12,15,17,19,21-25,27-30,35-36,41-42,53,55,57,69H,9-10,13-14,16,18,20,26,31-34,37-40H2,1-8H3,(H,70,80)(H,72,81)(H,73,79)/t42-,53+,55?,57+/m0/s1. The van der Waals surface area contributed by atoms with Crippen molar-refractivity contribution in [2.24, 2.45) is 5.41 Å². The first kappa shape index (κ1) is 63.7. The summed E-state index contributed by atoms with van der Waals surface area (Å²) in [5.74, 6) is -1.28. The second-order valence-electron chi connectivity index (χ2n) is 24.1. The van der Waals surface area contributed by atoms with Gasteiger partial charge < -0.3 is 44.9 Å². The van der Waals surface area contributed by atoms with E-state index in [1.807, 2.05) is 55.7 Å². The molecule has 3 heterocycles. The van der Waals surface area contributed by atoms with Gasteiger partial charge in [-0.05, 0) is 149 Å². The lowest BCUT2D eigenvalue weighted by Crippen LogP contribution is -2.62. The Morgan fingerprint density at radius 1 is 0.802 bits per heavy atom. The molecule has 8 rings (SSSR count). The molecule has 0 bridgehead atoms. The van der Waals surface area contributed by atoms with E-state index in [9.17, 15) is 28.0 Å². The number of hydrogen-bond donors (Lipinski definition) is 4. The molecule has 21 heteroatoms. The van der Waals surface area contributed by atoms with Gasteiger partial charge >= 0.3 is 6.09 Å². The van der Waals surface area contributed by atoms with Gasteiger partial charge in [0, 0.05) is 69.3 Å². The van der Waals surface area contributed by atoms with Crippen molar-refractivity contribution in [2.45, 2.75) is 162 Å². The molecule has 6 aromatic rings. The number of likely N-dealkylation sites (N-methyl/N-ethyl adjacent to an activating group) is 1. The molecule has 0 saturated carbocycles. The number of rotatable bonds is 25. The number of amides is 5. The van der Waals surface area contributed by atoms with Gasteiger partial charge in [-0.2, -0.15) is 0 Å². The maximum absolute atomic E-state index is 15.1. The number of nitrogens with zero attached hydrogens (tertiary/aromatic N) is 7. The van der Waals surface area contributed by atoms with Gasteiger partial charge in [-0.3, -0.25) is 24.1 Å². The molecule has 458 valence electrons. The molecule has 1 aliphatic heterocycles. The van der Waals surface area contributed by atoms with Crippen molar-refractivity contribution in [1.82, 2.24) is 50.5 Å². The fraction of sp³-hybridized carbons (Fsp3) is 0.462. The second kappa shape index (κ2) is 29.2. The van der Waals surface area contributed by atoms with Crippen molar-refractivity contribution in [1.29, 1.82) is 0 Å². The number of carbonyl (C=O) groups excluding carboxylic acids is 5. The Bertz CT molecular complexity index is 3290. The Labute approximate surface area is 502 Å². The topological polar surface area (TPSA) is 224 Å². The van der Waals surface area contributed by atoms with E-state index in [0.29, 0.717) is 67.1 Å². The normalized spacial score (nSPS) is 15.5. The molecule has 0 saturated heterocycles. The minimum atomic E-state index is -1.05. The van der Waals surface area contributed by atoms with Crippen LogP contribution >= 0.6 is 0 Å². The van der Waals surface area contributed by atoms with Crippen molar-refractivity contribution in [3.8, 4) is 17.3 Å². The zero-order valence-electron chi connectivity index (χ0n) is 50.6. The van der Waals surface area contributed by atoms with Crippen LogP contribution in [-0.2, 0) is 62.9 Å². The SMILES string of the molecule is C[C@@H](C(=O)N[C@H](C(=O)N1Cc2cc(OCCCCCCOCCCn3c(CNc4cccc(C(=O)NCc5c(F)cccc5F)c4)nnc3-c3ccncn3)ccc2CC1C(=O)N[C@@H]1CCCc2ccccc21)C(C)(C)C)N(C)C(=O)OC(C)(C)C. The summed E-state index contributed by atoms with van der Waals surface area (Å²) < 4.78 is 48.2. The number of hydrogen-bond acceptors (Lipinski definition) is 13. The highest BCUT2D eigenvalue weighted by atomic mass is 19.1. The average molecular weight is 1180 g/mol. The predicted molar refractivity (Wildman–Crippen MR) is 321 cm³/mol. The first-order chi connectivity index (χ1) is 41.1. The zero-order chi connectivity index (χ0) is 61.5. The predicted octanol–water partition coefficient (Wildman–Crippen LogP) is 9.83. The Kier molecular flexibility index (Phi) is 21.6. The number of ether oxygens (including phenoxy) is 3. The number of unbranched alkanes of at least 4 members (excludes halogenated alkanes) is 3. The summed E-state index contributed by atoms with van der Waals surface area (Å²) in [7, 11) is 1.49. The van der Waals surface area contributed by atoms with E-state index >= 15 is 4.79 Å². The van der Waals surface area contributed by atoms with E-state index in [4.69, 9.17) is 14.2 Å². The number of aromatic nitrogens is 5. The first-order valence-electron chi connectivity index (χ1n) is 29.7. The molecule has 4 atom stereocenters. The maximum Gasteiger partial charge on any atom is 0.410 e. The first-order valence-corrected chi connectivity index (χ1v) is 29.7. The van der Waals surface area contributed by atoms with Crippen LogP contribution in [0.5, 0.6) is 5.75 Å². The summed E-state index contributed by atoms with van der Waals surface area (Å²) in [5.41, 5.74) is 3.86. The van der Waals surface area contributed by atoms with Crippen LogP contribution in [0.4, 0.5) is 19.3 Å². The van der Waals surface area contributed by atoms with Crippen molar-refractivity contribution in [3.63, 3.8) is 0 Å². The Morgan fingerprint density at radius 2 is 1.55 bits per heavy atom. The summed E-state index contributed by atoms with van der Waals surface area (Å²) >= 11 is 0. The lowest BCUT2D eigenvalue weighted by molar-refractivity contribution is -0.147. The molecular weight excluding hydrogens is 1100 g/mol. The minimum Gasteiger partial charge on any atom is -0.494 e. The fourth-order valence-corrected chi connectivity index (χ4v) is 10.5. The minimum absolute atomic E-state index is 0.118. The third kappa shape index (κ3) is 17.0. The summed E-state index contributed by atoms with van der Waals surface area (Å²) in [6.07, 6.45) is 9.55. The quantitative estimate of drug-likeness (QED) is 0.0392. The molecule has 0 fully saturated rings. The molecular formula is C65H81F2N11O8. The molecule has 2 aromatic heterocycles. The number of nitrogens with one attached hydrogen (secondary N) is 4. The second-order valence-corrected chi connectivity index (χ2v) is 24.1.